The maximum atomic E-state index is 13.3. The second-order valence-corrected chi connectivity index (χ2v) is 34.5. The molecule has 746 valence electrons. The van der Waals surface area contributed by atoms with Gasteiger partial charge < -0.3 is 72.7 Å². The molecule has 7 aromatic rings. The van der Waals surface area contributed by atoms with Crippen molar-refractivity contribution in [2.24, 2.45) is 5.73 Å². The van der Waals surface area contributed by atoms with E-state index in [1.54, 1.807) is 7.05 Å². The molecule has 0 aliphatic heterocycles. The van der Waals surface area contributed by atoms with E-state index in [1.807, 2.05) is 151 Å². The summed E-state index contributed by atoms with van der Waals surface area (Å²) in [4.78, 5) is 102. The van der Waals surface area contributed by atoms with E-state index < -0.39 is 67.5 Å². The molecular weight excluding hydrogens is 2230 g/mol. The number of nitrogen functional groups attached to an aromatic ring is 3. The molecule has 0 saturated carbocycles. The largest absolute Gasteiger partial charge is 0.480 e. The number of carboxylic acids is 3. The Morgan fingerprint density at radius 3 is 1.17 bits per heavy atom. The number of hydrogen-bond donors (Lipinski definition) is 10. The van der Waals surface area contributed by atoms with E-state index in [4.69, 9.17) is 62.5 Å². The van der Waals surface area contributed by atoms with Gasteiger partial charge in [0.15, 0.2) is 5.78 Å². The molecule has 26 nitrogen and oxygen atoms in total. The highest BCUT2D eigenvalue weighted by Gasteiger charge is 2.29. The van der Waals surface area contributed by atoms with E-state index in [0.717, 1.165) is 126 Å². The van der Waals surface area contributed by atoms with Gasteiger partial charge in [-0.15, -0.1) is 51.1 Å². The first-order chi connectivity index (χ1) is 64.8. The predicted molar refractivity (Wildman–Crippen MR) is 584 cm³/mol. The molecule has 0 saturated heterocycles. The fourth-order valence-electron chi connectivity index (χ4n) is 11.9. The summed E-state index contributed by atoms with van der Waals surface area (Å²) in [5.74, 6) is -1.30. The Balaban J connectivity index is -0.00000153. The number of anilines is 3. The van der Waals surface area contributed by atoms with Crippen LogP contribution in [-0.2, 0) is 78.9 Å². The van der Waals surface area contributed by atoms with Crippen LogP contribution in [0.25, 0.3) is 0 Å². The number of alkyl halides is 2. The third-order valence-corrected chi connectivity index (χ3v) is 22.0. The second-order valence-electron chi connectivity index (χ2n) is 30.1. The number of nitrogens with one attached hydrogen (secondary N) is 1. The van der Waals surface area contributed by atoms with Gasteiger partial charge in [-0.3, -0.25) is 14.5 Å². The number of Topliss-reactive ketones (excluding diaryl/α,β-unsaturated/α-hetero) is 1. The molecule has 4 heterocycles. The number of allylic oxidation sites excluding steroid dienone is 3. The van der Waals surface area contributed by atoms with Gasteiger partial charge in [0.05, 0.1) is 21.7 Å². The minimum atomic E-state index is -1.12. The average molecular weight is 2370 g/mol. The highest BCUT2D eigenvalue weighted by Crippen LogP contribution is 2.24. The fraction of sp³-hybridized carbons (Fsp3) is 0.436. The van der Waals surface area contributed by atoms with Gasteiger partial charge in [-0.1, -0.05) is 266 Å². The molecule has 0 bridgehead atoms. The van der Waals surface area contributed by atoms with Crippen molar-refractivity contribution in [3.63, 3.8) is 0 Å². The molecule has 14 N–H and O–H groups in total. The predicted octanol–water partition coefficient (Wildman–Crippen LogP) is 25.2. The van der Waals surface area contributed by atoms with Crippen LogP contribution in [0.15, 0.2) is 234 Å². The highest BCUT2D eigenvalue weighted by atomic mass is 127. The first kappa shape index (κ1) is 131. The summed E-state index contributed by atoms with van der Waals surface area (Å²) in [7, 11) is 1.93. The van der Waals surface area contributed by atoms with E-state index in [0.29, 0.717) is 41.2 Å². The molecule has 4 aromatic heterocycles. The van der Waals surface area contributed by atoms with Gasteiger partial charge in [-0.25, -0.2) is 43.9 Å². The summed E-state index contributed by atoms with van der Waals surface area (Å²) in [5.41, 5.74) is 29.0. The van der Waals surface area contributed by atoms with Crippen molar-refractivity contribution in [3.05, 3.63) is 277 Å². The molecule has 3 aromatic carbocycles. The lowest BCUT2D eigenvalue weighted by Gasteiger charge is -2.26. The van der Waals surface area contributed by atoms with Crippen LogP contribution < -0.4 is 28.3 Å². The van der Waals surface area contributed by atoms with Gasteiger partial charge in [0, 0.05) is 20.5 Å². The van der Waals surface area contributed by atoms with Crippen LogP contribution in [-0.4, -0.2) is 154 Å². The number of amides is 3. The van der Waals surface area contributed by atoms with Gasteiger partial charge in [0.1, 0.15) is 73.8 Å². The summed E-state index contributed by atoms with van der Waals surface area (Å²) in [5, 5.41) is 45.2. The van der Waals surface area contributed by atoms with Gasteiger partial charge in [-0.05, 0) is 264 Å². The van der Waals surface area contributed by atoms with E-state index in [1.165, 1.54) is 132 Å². The Morgan fingerprint density at radius 2 is 0.815 bits per heavy atom. The second kappa shape index (κ2) is 87.1. The molecule has 0 aliphatic carbocycles. The van der Waals surface area contributed by atoms with Crippen molar-refractivity contribution in [2.75, 3.05) is 42.6 Å². The highest BCUT2D eigenvalue weighted by molar-refractivity contribution is 14.1. The van der Waals surface area contributed by atoms with Crippen LogP contribution in [0.1, 0.15) is 220 Å². The van der Waals surface area contributed by atoms with Gasteiger partial charge in [0.2, 0.25) is 0 Å². The Morgan fingerprint density at radius 1 is 0.452 bits per heavy atom. The van der Waals surface area contributed by atoms with Crippen LogP contribution in [0, 0.1) is 3.57 Å². The molecule has 135 heavy (non-hydrogen) atoms. The zero-order valence-corrected chi connectivity index (χ0v) is 90.8. The van der Waals surface area contributed by atoms with Crippen LogP contribution >= 0.6 is 121 Å². The summed E-state index contributed by atoms with van der Waals surface area (Å²) in [6, 6.07) is 40.3. The van der Waals surface area contributed by atoms with Gasteiger partial charge >= 0.3 is 43.3 Å². The average Bonchev–Trinajstić information content (AvgIpc) is 0.836. The molecule has 3 amide bonds. The molecule has 7 rings (SSSR count). The Kier molecular flexibility index (Phi) is 84.4. The van der Waals surface area contributed by atoms with Crippen LogP contribution in [0.5, 0.6) is 0 Å². The number of aryl methyl sites for hydroxylation is 3. The summed E-state index contributed by atoms with van der Waals surface area (Å²) >= 11 is 22.2. The van der Waals surface area contributed by atoms with Crippen LogP contribution in [0.3, 0.4) is 0 Å². The number of ether oxygens (including phenoxy) is 3. The monoisotopic (exact) mass is 2370 g/mol. The molecule has 34 heteroatoms. The molecule has 1 unspecified atom stereocenters. The lowest BCUT2D eigenvalue weighted by molar-refractivity contribution is -0.142. The van der Waals surface area contributed by atoms with Crippen LogP contribution in [0.4, 0.5) is 31.8 Å². The van der Waals surface area contributed by atoms with Gasteiger partial charge in [-0.2, -0.15) is 0 Å². The lowest BCUT2D eigenvalue weighted by Crippen LogP contribution is -2.43. The van der Waals surface area contributed by atoms with Crippen molar-refractivity contribution < 1.29 is 73.1 Å². The summed E-state index contributed by atoms with van der Waals surface area (Å²) in [6.07, 6.45) is 40.5. The first-order valence-corrected chi connectivity index (χ1v) is 52.1. The molecule has 0 radical (unpaired) electrons. The van der Waals surface area contributed by atoms with Crippen molar-refractivity contribution in [2.45, 2.75) is 257 Å². The number of alkyl carbamates (subject to hydrolysis) is 1. The number of aliphatic carboxylic acids is 3. The topological polar surface area (TPSA) is 422 Å². The fourth-order valence-corrected chi connectivity index (χ4v) is 13.5. The number of nitrogens with two attached hydrogens (primary N) is 4. The number of unbranched alkanes of at least 4 members (excludes halogenated alkanes) is 17. The third-order valence-electron chi connectivity index (χ3n) is 19.3. The first-order valence-electron chi connectivity index (χ1n) is 44.9. The van der Waals surface area contributed by atoms with Crippen molar-refractivity contribution in [3.8, 4) is 0 Å². The SMILES string of the molecule is C=CCCCCCCB(O)O.C=CCCCCCCc1ccc(Br)nc1CC(=O)C(CCC)N(C)C(=O)OCc1ccccc1.C=CCCCCCCc1ccc(Br)nc1N.C=CC[C@@H](C(=O)O)N(C)C(=O)OCc1ccccc1.C=CC[C@H](N)C(=O)O.C=CC[C@H](NC(=O)OCc1ccccc1)C(=O)O.CCCCCCCCc1ccc(Br)nc1N.CCl.CI.Nc1nc(Br)ccc1I. The molecular formula is C101H145BBr4ClI2N11O15. The zero-order valence-electron chi connectivity index (χ0n) is 79.4. The summed E-state index contributed by atoms with van der Waals surface area (Å²) < 4.78 is 19.5. The minimum absolute atomic E-state index is 0.0150. The number of benzene rings is 3. The van der Waals surface area contributed by atoms with Crippen molar-refractivity contribution >= 4 is 187 Å². The smallest absolute Gasteiger partial charge is 0.451 e. The van der Waals surface area contributed by atoms with E-state index in [2.05, 4.69) is 210 Å². The normalized spacial score (nSPS) is 10.8. The maximum Gasteiger partial charge on any atom is 0.451 e. The molecule has 0 fully saturated rings. The molecule has 0 spiro atoms. The van der Waals surface area contributed by atoms with Crippen LogP contribution in [0.2, 0.25) is 6.32 Å². The van der Waals surface area contributed by atoms with E-state index >= 15 is 0 Å². The third kappa shape index (κ3) is 69.1. The number of hydrogen-bond acceptors (Lipinski definition) is 20. The maximum absolute atomic E-state index is 13.3. The van der Waals surface area contributed by atoms with Crippen molar-refractivity contribution in [1.82, 2.24) is 35.1 Å². The number of rotatable bonds is 51. The Bertz CT molecular complexity index is 4420. The quantitative estimate of drug-likeness (QED) is 0.00322. The minimum Gasteiger partial charge on any atom is -0.480 e. The van der Waals surface area contributed by atoms with Gasteiger partial charge in [0.25, 0.3) is 0 Å². The number of ketones is 1. The van der Waals surface area contributed by atoms with E-state index in [9.17, 15) is 33.6 Å². The number of carbonyl (C=O) groups excluding carboxylic acids is 4. The number of pyridine rings is 4. The Hall–Kier alpha value is -8.40. The van der Waals surface area contributed by atoms with E-state index in [-0.39, 0.29) is 44.9 Å². The number of halogens is 7. The number of carboxylic acid groups (broad SMARTS) is 3. The number of nitrogens with zero attached hydrogens (tertiary/aromatic N) is 6. The summed E-state index contributed by atoms with van der Waals surface area (Å²) in [6.45, 7) is 26.0. The number of carbonyl (C=O) groups is 7. The zero-order chi connectivity index (χ0) is 102. The Labute approximate surface area is 869 Å². The molecule has 0 aliphatic rings. The number of likely N-dealkylation sites (N-methyl/N-ethyl adjacent to an activating group) is 2. The standard InChI is InChI=1S/C28H37BrN2O3.C14H17NO4.C13H21BrN2.C13H19BrN2.C13H15NO4.C8H17BO2.C5H4BrIN2.C5H9NO2.CH3Cl.CH3I/c1-4-6-7-8-9-13-17-23-18-19-27(29)30-24(23)20-26(32)25(14-5-2)31(3)28(33)34-21-22-15-11-10-12-16-22;1-3-7-12(13(16)17)15(2)14(18)19-10-11-8-5-4-6-9-11;2*1-2-3-4-5-6-7-8-11-9-10-12(14)16-13(11)15;1-2-6-11(12(15)16)14-13(17)18-9-10-7-4-3-5-8-10;1-2-3-4-5-6-7-8-9(10)11;6-4-2-1-3(7)5(8)9-4;1-2-3-4(6)5(7)8;2*1-2/h4,10-12,15-16,18-19,25H,1,5-9,13-14,17,20-21H2,2-3H3;3-6,8-9,12H,1,7,10H2,2H3,(H,16,17);9-10H,2-8H2,1H3,(H2,15,16);2,9-10H,1,3-8H2,(H2,15,16);2-5,7-8,11H,1,6,9H2,(H,14,17)(H,15,16);2,10-11H,1,3-8H2;1-2H,(H2,8,9);2,4H,1,3,6H2,(H,7,8);2*1H3/t;12-;;;11-;;;4-;;/m.0..0..0../s1. The van der Waals surface area contributed by atoms with Crippen molar-refractivity contribution in [1.29, 1.82) is 0 Å². The molecule has 4 atom stereocenters. The number of aromatic nitrogens is 4. The lowest BCUT2D eigenvalue weighted by atomic mass is 9.83.